The molecule has 162 valence electrons. The fourth-order valence-corrected chi connectivity index (χ4v) is 3.76. The summed E-state index contributed by atoms with van der Waals surface area (Å²) in [7, 11) is 0. The molecular formula is C23H19F3N6. The first-order valence-electron chi connectivity index (χ1n) is 10.2. The molecule has 3 heterocycles. The van der Waals surface area contributed by atoms with Crippen LogP contribution < -0.4 is 0 Å². The lowest BCUT2D eigenvalue weighted by Crippen LogP contribution is -2.31. The second-order valence-corrected chi connectivity index (χ2v) is 7.69. The number of hydrogen-bond donors (Lipinski definition) is 0. The van der Waals surface area contributed by atoms with E-state index in [4.69, 9.17) is 0 Å². The van der Waals surface area contributed by atoms with Gasteiger partial charge in [0, 0.05) is 43.4 Å². The van der Waals surface area contributed by atoms with E-state index in [-0.39, 0.29) is 0 Å². The first kappa shape index (κ1) is 20.3. The van der Waals surface area contributed by atoms with Crippen molar-refractivity contribution in [2.24, 2.45) is 0 Å². The van der Waals surface area contributed by atoms with Gasteiger partial charge in [-0.1, -0.05) is 35.5 Å². The second-order valence-electron chi connectivity index (χ2n) is 7.69. The first-order chi connectivity index (χ1) is 15.5. The molecule has 0 spiro atoms. The van der Waals surface area contributed by atoms with E-state index in [9.17, 15) is 13.2 Å². The highest BCUT2D eigenvalue weighted by Gasteiger charge is 2.30. The molecule has 0 radical (unpaired) electrons. The van der Waals surface area contributed by atoms with Crippen molar-refractivity contribution < 1.29 is 13.2 Å². The molecule has 0 atom stereocenters. The SMILES string of the molecule is FC(F)(F)c1ccc(-c2ncc3c(n2)CCN(Cc2cn(-c4ccccc4)nn2)C3)cc1. The van der Waals surface area contributed by atoms with E-state index in [1.54, 1.807) is 10.9 Å². The Morgan fingerprint density at radius 2 is 1.75 bits per heavy atom. The van der Waals surface area contributed by atoms with E-state index in [2.05, 4.69) is 25.2 Å². The molecule has 1 aliphatic rings. The molecule has 5 rings (SSSR count). The number of alkyl halides is 3. The summed E-state index contributed by atoms with van der Waals surface area (Å²) in [5.41, 5.74) is 3.67. The number of rotatable bonds is 4. The van der Waals surface area contributed by atoms with E-state index in [0.717, 1.165) is 47.7 Å². The summed E-state index contributed by atoms with van der Waals surface area (Å²) >= 11 is 0. The Kier molecular flexibility index (Phi) is 5.18. The van der Waals surface area contributed by atoms with Crippen LogP contribution in [0.25, 0.3) is 17.1 Å². The van der Waals surface area contributed by atoms with Crippen molar-refractivity contribution >= 4 is 0 Å². The van der Waals surface area contributed by atoms with Crippen LogP contribution >= 0.6 is 0 Å². The van der Waals surface area contributed by atoms with Crippen molar-refractivity contribution in [2.75, 3.05) is 6.54 Å². The summed E-state index contributed by atoms with van der Waals surface area (Å²) < 4.78 is 40.1. The van der Waals surface area contributed by atoms with Crippen molar-refractivity contribution in [2.45, 2.75) is 25.7 Å². The van der Waals surface area contributed by atoms with E-state index in [0.29, 0.717) is 24.5 Å². The van der Waals surface area contributed by atoms with Crippen molar-refractivity contribution in [1.82, 2.24) is 29.9 Å². The number of nitrogens with zero attached hydrogens (tertiary/aromatic N) is 6. The number of benzene rings is 2. The molecule has 0 amide bonds. The minimum absolute atomic E-state index is 0.441. The summed E-state index contributed by atoms with van der Waals surface area (Å²) in [4.78, 5) is 11.3. The topological polar surface area (TPSA) is 59.7 Å². The van der Waals surface area contributed by atoms with Crippen molar-refractivity contribution in [3.05, 3.63) is 89.5 Å². The summed E-state index contributed by atoms with van der Waals surface area (Å²) in [6.45, 7) is 2.14. The van der Waals surface area contributed by atoms with Crippen molar-refractivity contribution in [3.63, 3.8) is 0 Å². The Morgan fingerprint density at radius 3 is 2.50 bits per heavy atom. The quantitative estimate of drug-likeness (QED) is 0.477. The van der Waals surface area contributed by atoms with Crippen LogP contribution in [0.4, 0.5) is 13.2 Å². The molecular weight excluding hydrogens is 417 g/mol. The highest BCUT2D eigenvalue weighted by atomic mass is 19.4. The van der Waals surface area contributed by atoms with Gasteiger partial charge in [-0.25, -0.2) is 14.6 Å². The fourth-order valence-electron chi connectivity index (χ4n) is 3.76. The van der Waals surface area contributed by atoms with Gasteiger partial charge in [0.05, 0.1) is 28.8 Å². The molecule has 0 fully saturated rings. The van der Waals surface area contributed by atoms with E-state index >= 15 is 0 Å². The number of aromatic nitrogens is 5. The molecule has 32 heavy (non-hydrogen) atoms. The normalized spacial score (nSPS) is 14.3. The lowest BCUT2D eigenvalue weighted by Gasteiger charge is -2.27. The summed E-state index contributed by atoms with van der Waals surface area (Å²) in [6, 6.07) is 14.8. The lowest BCUT2D eigenvalue weighted by molar-refractivity contribution is -0.137. The Hall–Kier alpha value is -3.59. The number of hydrogen-bond acceptors (Lipinski definition) is 5. The van der Waals surface area contributed by atoms with Crippen LogP contribution in [0.5, 0.6) is 0 Å². The van der Waals surface area contributed by atoms with Gasteiger partial charge in [0.25, 0.3) is 0 Å². The third kappa shape index (κ3) is 4.24. The van der Waals surface area contributed by atoms with Crippen LogP contribution in [-0.2, 0) is 25.7 Å². The second kappa shape index (κ2) is 8.16. The molecule has 0 unspecified atom stereocenters. The predicted octanol–water partition coefficient (Wildman–Crippen LogP) is 4.30. The van der Waals surface area contributed by atoms with Gasteiger partial charge in [0.1, 0.15) is 0 Å². The highest BCUT2D eigenvalue weighted by Crippen LogP contribution is 2.30. The van der Waals surface area contributed by atoms with Crippen LogP contribution in [0.3, 0.4) is 0 Å². The molecule has 9 heteroatoms. The van der Waals surface area contributed by atoms with Crippen LogP contribution in [0.1, 0.15) is 22.5 Å². The maximum atomic E-state index is 12.8. The molecule has 4 aromatic rings. The molecule has 1 aliphatic heterocycles. The third-order valence-electron chi connectivity index (χ3n) is 5.43. The van der Waals surface area contributed by atoms with Gasteiger partial charge >= 0.3 is 6.18 Å². The van der Waals surface area contributed by atoms with Gasteiger partial charge in [-0.05, 0) is 24.3 Å². The molecule has 0 aliphatic carbocycles. The zero-order valence-corrected chi connectivity index (χ0v) is 17.0. The third-order valence-corrected chi connectivity index (χ3v) is 5.43. The molecule has 0 saturated carbocycles. The molecule has 6 nitrogen and oxygen atoms in total. The molecule has 2 aromatic carbocycles. The summed E-state index contributed by atoms with van der Waals surface area (Å²) in [5.74, 6) is 0.441. The first-order valence-corrected chi connectivity index (χ1v) is 10.2. The Bertz CT molecular complexity index is 1220. The maximum absolute atomic E-state index is 12.8. The van der Waals surface area contributed by atoms with Gasteiger partial charge in [0.15, 0.2) is 5.82 Å². The zero-order valence-electron chi connectivity index (χ0n) is 17.0. The average Bonchev–Trinajstić information content (AvgIpc) is 3.27. The molecule has 2 aromatic heterocycles. The molecule has 0 N–H and O–H groups in total. The minimum Gasteiger partial charge on any atom is -0.293 e. The lowest BCUT2D eigenvalue weighted by atomic mass is 10.1. The van der Waals surface area contributed by atoms with Crippen LogP contribution in [0, 0.1) is 0 Å². The van der Waals surface area contributed by atoms with Crippen LogP contribution in [0.15, 0.2) is 67.0 Å². The van der Waals surface area contributed by atoms with Gasteiger partial charge < -0.3 is 0 Å². The Morgan fingerprint density at radius 1 is 0.969 bits per heavy atom. The standard InChI is InChI=1S/C23H19F3N6/c24-23(25,26)18-8-6-16(7-9-18)22-27-12-17-13-31(11-10-21(17)28-22)14-19-15-32(30-29-19)20-4-2-1-3-5-20/h1-9,12,15H,10-11,13-14H2. The average molecular weight is 436 g/mol. The highest BCUT2D eigenvalue weighted by molar-refractivity contribution is 5.56. The fraction of sp³-hybridized carbons (Fsp3) is 0.217. The van der Waals surface area contributed by atoms with E-state index in [1.165, 1.54) is 12.1 Å². The number of fused-ring (bicyclic) bond motifs is 1. The van der Waals surface area contributed by atoms with Crippen LogP contribution in [-0.4, -0.2) is 36.4 Å². The number of para-hydroxylation sites is 1. The Balaban J connectivity index is 1.27. The number of halogens is 3. The smallest absolute Gasteiger partial charge is 0.293 e. The van der Waals surface area contributed by atoms with Crippen molar-refractivity contribution in [3.8, 4) is 17.1 Å². The van der Waals surface area contributed by atoms with Gasteiger partial charge in [-0.15, -0.1) is 5.10 Å². The van der Waals surface area contributed by atoms with Crippen LogP contribution in [0.2, 0.25) is 0 Å². The van der Waals surface area contributed by atoms with Gasteiger partial charge in [-0.2, -0.15) is 13.2 Å². The summed E-state index contributed by atoms with van der Waals surface area (Å²) in [5, 5.41) is 8.49. The largest absolute Gasteiger partial charge is 0.416 e. The predicted molar refractivity (Wildman–Crippen MR) is 112 cm³/mol. The van der Waals surface area contributed by atoms with E-state index in [1.807, 2.05) is 36.5 Å². The maximum Gasteiger partial charge on any atom is 0.416 e. The molecule has 0 saturated heterocycles. The Labute approximate surface area is 182 Å². The van der Waals surface area contributed by atoms with Crippen molar-refractivity contribution in [1.29, 1.82) is 0 Å². The molecule has 0 bridgehead atoms. The van der Waals surface area contributed by atoms with Gasteiger partial charge in [-0.3, -0.25) is 4.90 Å². The zero-order chi connectivity index (χ0) is 22.1. The van der Waals surface area contributed by atoms with E-state index < -0.39 is 11.7 Å². The minimum atomic E-state index is -4.36. The summed E-state index contributed by atoms with van der Waals surface area (Å²) in [6.07, 6.45) is 0.0703. The monoisotopic (exact) mass is 436 g/mol. The van der Waals surface area contributed by atoms with Gasteiger partial charge in [0.2, 0.25) is 0 Å².